The Morgan fingerprint density at radius 2 is 1.56 bits per heavy atom. The Morgan fingerprint density at radius 3 is 2.27 bits per heavy atom. The van der Waals surface area contributed by atoms with Crippen LogP contribution in [0.5, 0.6) is 0 Å². The molecule has 1 N–H and O–H groups in total. The number of imide groups is 1. The van der Waals surface area contributed by atoms with Gasteiger partial charge in [-0.05, 0) is 86.9 Å². The largest absolute Gasteiger partial charge is 0.368 e. The van der Waals surface area contributed by atoms with E-state index < -0.39 is 0 Å². The summed E-state index contributed by atoms with van der Waals surface area (Å²) in [5.74, 6) is 0.770. The van der Waals surface area contributed by atoms with Gasteiger partial charge in [0.05, 0.1) is 17.8 Å². The number of hydrogen-bond acceptors (Lipinski definition) is 9. The molecule has 8 rings (SSSR count). The van der Waals surface area contributed by atoms with Gasteiger partial charge in [-0.3, -0.25) is 29.6 Å². The molecule has 12 heteroatoms. The number of anilines is 1. The summed E-state index contributed by atoms with van der Waals surface area (Å²) >= 11 is 0. The maximum absolute atomic E-state index is 13.1. The van der Waals surface area contributed by atoms with Crippen LogP contribution in [0.4, 0.5) is 5.69 Å². The quantitative estimate of drug-likeness (QED) is 0.213. The van der Waals surface area contributed by atoms with E-state index in [0.29, 0.717) is 36.9 Å². The van der Waals surface area contributed by atoms with Crippen LogP contribution < -0.4 is 10.2 Å². The first-order valence-electron chi connectivity index (χ1n) is 20.5. The number of nitrogens with zero attached hydrogens (tertiary/aromatic N) is 8. The van der Waals surface area contributed by atoms with E-state index in [1.54, 1.807) is 19.0 Å². The number of benzene rings is 1. The van der Waals surface area contributed by atoms with Crippen LogP contribution in [0.1, 0.15) is 102 Å². The molecule has 1 saturated carbocycles. The Labute approximate surface area is 324 Å². The highest BCUT2D eigenvalue weighted by Crippen LogP contribution is 2.35. The lowest BCUT2D eigenvalue weighted by Gasteiger charge is -2.38. The fourth-order valence-electron chi connectivity index (χ4n) is 9.12. The molecular weight excluding hydrogens is 691 g/mol. The summed E-state index contributed by atoms with van der Waals surface area (Å²) in [4.78, 5) is 60.9. The number of pyridine rings is 1. The molecule has 1 aromatic carbocycles. The van der Waals surface area contributed by atoms with Crippen molar-refractivity contribution in [3.8, 4) is 0 Å². The van der Waals surface area contributed by atoms with Gasteiger partial charge in [0.1, 0.15) is 17.2 Å². The zero-order valence-electron chi connectivity index (χ0n) is 32.5. The predicted octanol–water partition coefficient (Wildman–Crippen LogP) is 4.95. The van der Waals surface area contributed by atoms with Crippen molar-refractivity contribution in [1.82, 2.24) is 39.5 Å². The van der Waals surface area contributed by atoms with Crippen molar-refractivity contribution in [2.45, 2.75) is 82.1 Å². The molecule has 0 spiro atoms. The number of aromatic nitrogens is 4. The van der Waals surface area contributed by atoms with Crippen LogP contribution in [0.15, 0.2) is 54.9 Å². The first kappa shape index (κ1) is 37.3. The van der Waals surface area contributed by atoms with Gasteiger partial charge in [-0.15, -0.1) is 0 Å². The fourth-order valence-corrected chi connectivity index (χ4v) is 9.12. The van der Waals surface area contributed by atoms with Gasteiger partial charge in [0.25, 0.3) is 5.91 Å². The molecule has 290 valence electrons. The lowest BCUT2D eigenvalue weighted by atomic mass is 9.84. The monoisotopic (exact) mass is 745 g/mol. The molecule has 1 atom stereocenters. The predicted molar refractivity (Wildman–Crippen MR) is 213 cm³/mol. The molecule has 3 amide bonds. The van der Waals surface area contributed by atoms with Crippen LogP contribution in [-0.4, -0.2) is 118 Å². The summed E-state index contributed by atoms with van der Waals surface area (Å²) in [6.07, 6.45) is 13.2. The highest BCUT2D eigenvalue weighted by Gasteiger charge is 2.30. The van der Waals surface area contributed by atoms with E-state index in [1.807, 2.05) is 24.5 Å². The van der Waals surface area contributed by atoms with Crippen LogP contribution in [0.25, 0.3) is 11.0 Å². The van der Waals surface area contributed by atoms with Crippen LogP contribution in [0, 0.1) is 0 Å². The van der Waals surface area contributed by atoms with E-state index in [9.17, 15) is 14.4 Å². The Morgan fingerprint density at radius 1 is 0.818 bits per heavy atom. The van der Waals surface area contributed by atoms with Crippen molar-refractivity contribution in [2.24, 2.45) is 0 Å². The Balaban J connectivity index is 0.782. The number of aryl methyl sites for hydroxylation is 2. The van der Waals surface area contributed by atoms with E-state index in [1.165, 1.54) is 24.1 Å². The summed E-state index contributed by atoms with van der Waals surface area (Å²) in [5.41, 5.74) is 6.16. The number of carbonyl (C=O) groups is 3. The Kier molecular flexibility index (Phi) is 11.2. The van der Waals surface area contributed by atoms with Gasteiger partial charge < -0.3 is 19.3 Å². The minimum atomic E-state index is -0.222. The highest BCUT2D eigenvalue weighted by atomic mass is 16.2. The Hall–Kier alpha value is -4.68. The summed E-state index contributed by atoms with van der Waals surface area (Å²) in [6, 6.07) is 15.1. The van der Waals surface area contributed by atoms with Crippen LogP contribution in [0.3, 0.4) is 0 Å². The van der Waals surface area contributed by atoms with Crippen molar-refractivity contribution in [2.75, 3.05) is 71.4 Å². The van der Waals surface area contributed by atoms with Crippen molar-refractivity contribution in [3.63, 3.8) is 0 Å². The smallest absolute Gasteiger partial charge is 0.270 e. The van der Waals surface area contributed by atoms with E-state index in [-0.39, 0.29) is 23.6 Å². The SMILES string of the molecule is CN(C)C(=O)c1cc2cnc(CCc3ccc(N4CCN(CCN5CCC(c6cccc(C7CCC(=O)NC7=O)c6)CC5)CC4)cn3)nc2n1C1CCCC1. The molecule has 4 aromatic rings. The van der Waals surface area contributed by atoms with Gasteiger partial charge in [-0.25, -0.2) is 9.97 Å². The molecule has 1 unspecified atom stereocenters. The topological polar surface area (TPSA) is 120 Å². The van der Waals surface area contributed by atoms with Gasteiger partial charge in [0, 0.05) is 89.5 Å². The lowest BCUT2D eigenvalue weighted by Crippen LogP contribution is -2.49. The van der Waals surface area contributed by atoms with E-state index in [2.05, 4.69) is 59.9 Å². The molecular formula is C43H55N9O3. The van der Waals surface area contributed by atoms with Crippen molar-refractivity contribution in [1.29, 1.82) is 0 Å². The third kappa shape index (κ3) is 8.45. The molecule has 0 bridgehead atoms. The number of nitrogens with one attached hydrogen (secondary N) is 1. The van der Waals surface area contributed by atoms with Gasteiger partial charge in [0.15, 0.2) is 0 Å². The van der Waals surface area contributed by atoms with Gasteiger partial charge >= 0.3 is 0 Å². The number of piperazine rings is 1. The number of amides is 3. The van der Waals surface area contributed by atoms with E-state index in [0.717, 1.165) is 113 Å². The first-order chi connectivity index (χ1) is 26.8. The summed E-state index contributed by atoms with van der Waals surface area (Å²) in [7, 11) is 3.61. The zero-order valence-corrected chi connectivity index (χ0v) is 32.5. The number of likely N-dealkylation sites (tertiary alicyclic amines) is 1. The number of rotatable bonds is 11. The second-order valence-corrected chi connectivity index (χ2v) is 16.2. The minimum absolute atomic E-state index is 0.0127. The summed E-state index contributed by atoms with van der Waals surface area (Å²) < 4.78 is 2.18. The van der Waals surface area contributed by atoms with Crippen molar-refractivity contribution in [3.05, 3.63) is 83.2 Å². The molecule has 12 nitrogen and oxygen atoms in total. The van der Waals surface area contributed by atoms with Crippen molar-refractivity contribution < 1.29 is 14.4 Å². The maximum Gasteiger partial charge on any atom is 0.270 e. The molecule has 3 aliphatic heterocycles. The van der Waals surface area contributed by atoms with Gasteiger partial charge in [0.2, 0.25) is 11.8 Å². The third-order valence-electron chi connectivity index (χ3n) is 12.4. The molecule has 3 saturated heterocycles. The standard InChI is InChI=1S/C43H55N9O3/c1-48(2)43(55)38-27-33-28-45-39(46-41(33)52(38)35-8-3-4-9-35)14-11-34-10-12-36(29-44-34)51-24-22-50(23-25-51)21-20-49-18-16-30(17-19-49)31-6-5-7-32(26-31)37-13-15-40(53)47-42(37)54/h5-7,10,12,26-30,35,37H,3-4,8-9,11,13-25H2,1-2H3,(H,47,53,54). The van der Waals surface area contributed by atoms with Crippen LogP contribution >= 0.6 is 0 Å². The summed E-state index contributed by atoms with van der Waals surface area (Å²) in [5, 5.41) is 3.43. The van der Waals surface area contributed by atoms with Gasteiger partial charge in [-0.2, -0.15) is 0 Å². The molecule has 6 heterocycles. The normalized spacial score (nSPS) is 20.7. The molecule has 4 aliphatic rings. The molecule has 4 fully saturated rings. The molecule has 3 aromatic heterocycles. The third-order valence-corrected chi connectivity index (χ3v) is 12.4. The van der Waals surface area contributed by atoms with Crippen molar-refractivity contribution >= 4 is 34.4 Å². The Bertz CT molecular complexity index is 1990. The zero-order chi connectivity index (χ0) is 37.9. The van der Waals surface area contributed by atoms with E-state index >= 15 is 0 Å². The fraction of sp³-hybridized carbons (Fsp3) is 0.535. The first-order valence-corrected chi connectivity index (χ1v) is 20.5. The molecule has 1 aliphatic carbocycles. The van der Waals surface area contributed by atoms with Gasteiger partial charge in [-0.1, -0.05) is 37.1 Å². The van der Waals surface area contributed by atoms with Crippen LogP contribution in [0.2, 0.25) is 0 Å². The maximum atomic E-state index is 13.1. The average molecular weight is 746 g/mol. The highest BCUT2D eigenvalue weighted by molar-refractivity contribution is 6.01. The minimum Gasteiger partial charge on any atom is -0.368 e. The number of piperidine rings is 2. The van der Waals surface area contributed by atoms with E-state index in [4.69, 9.17) is 9.97 Å². The second-order valence-electron chi connectivity index (χ2n) is 16.2. The number of hydrogen-bond donors (Lipinski definition) is 1. The number of fused-ring (bicyclic) bond motifs is 1. The van der Waals surface area contributed by atoms with Crippen LogP contribution in [-0.2, 0) is 22.4 Å². The molecule has 55 heavy (non-hydrogen) atoms. The average Bonchev–Trinajstić information content (AvgIpc) is 3.88. The molecule has 0 radical (unpaired) electrons. The summed E-state index contributed by atoms with van der Waals surface area (Å²) in [6.45, 7) is 8.48. The second kappa shape index (κ2) is 16.6. The number of carbonyl (C=O) groups excluding carboxylic acids is 3. The lowest BCUT2D eigenvalue weighted by molar-refractivity contribution is -0.134.